The molecule has 158 valence electrons. The van der Waals surface area contributed by atoms with Gasteiger partial charge in [-0.05, 0) is 31.0 Å². The summed E-state index contributed by atoms with van der Waals surface area (Å²) in [7, 11) is -2.98. The number of carbonyl (C=O) groups is 1. The molecule has 0 spiro atoms. The zero-order chi connectivity index (χ0) is 20.4. The Balaban J connectivity index is 1.42. The lowest BCUT2D eigenvalue weighted by Gasteiger charge is -2.21. The second kappa shape index (κ2) is 8.86. The zero-order valence-electron chi connectivity index (χ0n) is 16.2. The maximum absolute atomic E-state index is 12.8. The Morgan fingerprint density at radius 3 is 2.55 bits per heavy atom. The van der Waals surface area contributed by atoms with Crippen molar-refractivity contribution < 1.29 is 13.2 Å². The molecule has 1 saturated heterocycles. The lowest BCUT2D eigenvalue weighted by molar-refractivity contribution is 0.0930. The number of hydrogen-bond acceptors (Lipinski definition) is 6. The number of nitrogens with one attached hydrogen (secondary N) is 2. The highest BCUT2D eigenvalue weighted by Crippen LogP contribution is 2.35. The summed E-state index contributed by atoms with van der Waals surface area (Å²) in [6.07, 6.45) is 8.16. The number of fused-ring (bicyclic) bond motifs is 1. The smallest absolute Gasteiger partial charge is 0.251 e. The van der Waals surface area contributed by atoms with E-state index in [0.29, 0.717) is 21.4 Å². The van der Waals surface area contributed by atoms with Crippen LogP contribution in [0.3, 0.4) is 0 Å². The van der Waals surface area contributed by atoms with E-state index in [1.807, 2.05) is 0 Å². The van der Waals surface area contributed by atoms with Crippen molar-refractivity contribution in [1.29, 1.82) is 0 Å². The summed E-state index contributed by atoms with van der Waals surface area (Å²) in [6, 6.07) is 5.22. The van der Waals surface area contributed by atoms with Gasteiger partial charge >= 0.3 is 0 Å². The van der Waals surface area contributed by atoms with Crippen molar-refractivity contribution in [3.05, 3.63) is 28.8 Å². The standard InChI is InChI=1S/C20H26ClN3O3S2/c21-15-9-8-13(19(25)22-14-6-4-2-1-3-5-7-14)10-16(15)23-20-24-17-11-29(26,27)12-18(17)28-20/h8-10,14,17-18H,1-7,11-12H2,(H,22,25)(H,23,24)/t17-,18-/m0/s1. The number of amidine groups is 1. The van der Waals surface area contributed by atoms with E-state index in [1.54, 1.807) is 18.2 Å². The monoisotopic (exact) mass is 455 g/mol. The molecule has 3 aliphatic rings. The zero-order valence-corrected chi connectivity index (χ0v) is 18.6. The number of amides is 1. The van der Waals surface area contributed by atoms with Gasteiger partial charge < -0.3 is 10.6 Å². The van der Waals surface area contributed by atoms with Gasteiger partial charge in [0.1, 0.15) is 0 Å². The van der Waals surface area contributed by atoms with Crippen LogP contribution in [0.4, 0.5) is 5.69 Å². The maximum Gasteiger partial charge on any atom is 0.251 e. The summed E-state index contributed by atoms with van der Waals surface area (Å²) in [4.78, 5) is 17.3. The van der Waals surface area contributed by atoms with Crippen LogP contribution in [0.2, 0.25) is 5.02 Å². The Morgan fingerprint density at radius 2 is 1.83 bits per heavy atom. The number of sulfone groups is 1. The van der Waals surface area contributed by atoms with E-state index in [0.717, 1.165) is 25.7 Å². The SMILES string of the molecule is O=C(NC1CCCCCCC1)c1ccc(Cl)c(NC2=N[C@H]3CS(=O)(=O)C[C@@H]3S2)c1. The van der Waals surface area contributed by atoms with Crippen molar-refractivity contribution in [2.45, 2.75) is 62.3 Å². The van der Waals surface area contributed by atoms with Gasteiger partial charge in [-0.3, -0.25) is 9.79 Å². The quantitative estimate of drug-likeness (QED) is 0.722. The second-order valence-electron chi connectivity index (χ2n) is 8.07. The van der Waals surface area contributed by atoms with Gasteiger partial charge in [-0.2, -0.15) is 0 Å². The average Bonchev–Trinajstić information content (AvgIpc) is 3.11. The van der Waals surface area contributed by atoms with Crippen LogP contribution in [0, 0.1) is 0 Å². The predicted octanol–water partition coefficient (Wildman–Crippen LogP) is 3.86. The van der Waals surface area contributed by atoms with E-state index in [2.05, 4.69) is 15.6 Å². The molecular weight excluding hydrogens is 430 g/mol. The average molecular weight is 456 g/mol. The molecule has 2 heterocycles. The first kappa shape index (κ1) is 21.0. The molecule has 4 rings (SSSR count). The third kappa shape index (κ3) is 5.27. The Labute approximate surface area is 181 Å². The number of thioether (sulfide) groups is 1. The number of hydrogen-bond donors (Lipinski definition) is 2. The molecule has 1 aliphatic carbocycles. The minimum atomic E-state index is -2.98. The fraction of sp³-hybridized carbons (Fsp3) is 0.600. The minimum Gasteiger partial charge on any atom is -0.349 e. The lowest BCUT2D eigenvalue weighted by atomic mass is 9.96. The molecule has 1 aromatic rings. The van der Waals surface area contributed by atoms with E-state index in [1.165, 1.54) is 31.0 Å². The molecule has 2 N–H and O–H groups in total. The molecule has 2 fully saturated rings. The fourth-order valence-corrected chi connectivity index (χ4v) is 8.00. The van der Waals surface area contributed by atoms with Gasteiger partial charge in [0.2, 0.25) is 0 Å². The number of nitrogens with zero attached hydrogens (tertiary/aromatic N) is 1. The third-order valence-electron chi connectivity index (χ3n) is 5.73. The Bertz CT molecular complexity index is 912. The van der Waals surface area contributed by atoms with E-state index in [4.69, 9.17) is 11.6 Å². The molecule has 0 aromatic heterocycles. The molecule has 1 aromatic carbocycles. The third-order valence-corrected chi connectivity index (χ3v) is 9.20. The number of benzene rings is 1. The van der Waals surface area contributed by atoms with E-state index < -0.39 is 9.84 Å². The summed E-state index contributed by atoms with van der Waals surface area (Å²) >= 11 is 7.76. The van der Waals surface area contributed by atoms with Gasteiger partial charge in [0.05, 0.1) is 28.3 Å². The first-order valence-electron chi connectivity index (χ1n) is 10.2. The topological polar surface area (TPSA) is 87.6 Å². The van der Waals surface area contributed by atoms with Crippen LogP contribution in [0.15, 0.2) is 23.2 Å². The highest BCUT2D eigenvalue weighted by Gasteiger charge is 2.42. The highest BCUT2D eigenvalue weighted by molar-refractivity contribution is 8.15. The van der Waals surface area contributed by atoms with Crippen LogP contribution in [0.5, 0.6) is 0 Å². The number of anilines is 1. The van der Waals surface area contributed by atoms with Crippen LogP contribution in [-0.2, 0) is 9.84 Å². The van der Waals surface area contributed by atoms with Crippen molar-refractivity contribution in [3.63, 3.8) is 0 Å². The molecule has 2 aliphatic heterocycles. The van der Waals surface area contributed by atoms with Gasteiger partial charge in [0.15, 0.2) is 15.0 Å². The molecule has 29 heavy (non-hydrogen) atoms. The Kier molecular flexibility index (Phi) is 6.41. The molecule has 6 nitrogen and oxygen atoms in total. The van der Waals surface area contributed by atoms with Crippen LogP contribution >= 0.6 is 23.4 Å². The predicted molar refractivity (Wildman–Crippen MR) is 120 cm³/mol. The van der Waals surface area contributed by atoms with Gasteiger partial charge in [-0.1, -0.05) is 55.5 Å². The maximum atomic E-state index is 12.8. The van der Waals surface area contributed by atoms with Crippen molar-refractivity contribution in [3.8, 4) is 0 Å². The molecule has 9 heteroatoms. The van der Waals surface area contributed by atoms with E-state index in [-0.39, 0.29) is 34.7 Å². The highest BCUT2D eigenvalue weighted by atomic mass is 35.5. The molecule has 0 bridgehead atoms. The number of halogens is 1. The van der Waals surface area contributed by atoms with Crippen molar-refractivity contribution in [2.24, 2.45) is 4.99 Å². The number of carbonyl (C=O) groups excluding carboxylic acids is 1. The minimum absolute atomic E-state index is 0.0351. The molecule has 2 atom stereocenters. The fourth-order valence-electron chi connectivity index (χ4n) is 4.16. The first-order valence-corrected chi connectivity index (χ1v) is 13.3. The van der Waals surface area contributed by atoms with E-state index >= 15 is 0 Å². The summed E-state index contributed by atoms with van der Waals surface area (Å²) in [6.45, 7) is 0. The van der Waals surface area contributed by atoms with Crippen molar-refractivity contribution >= 4 is 50.0 Å². The van der Waals surface area contributed by atoms with Crippen LogP contribution in [0.1, 0.15) is 55.3 Å². The second-order valence-corrected chi connectivity index (χ2v) is 11.9. The Morgan fingerprint density at radius 1 is 1.10 bits per heavy atom. The summed E-state index contributed by atoms with van der Waals surface area (Å²) < 4.78 is 23.4. The van der Waals surface area contributed by atoms with Crippen LogP contribution < -0.4 is 10.6 Å². The molecule has 1 amide bonds. The Hall–Kier alpha value is -1.25. The molecular formula is C20H26ClN3O3S2. The number of rotatable bonds is 3. The molecule has 1 saturated carbocycles. The van der Waals surface area contributed by atoms with Crippen molar-refractivity contribution in [1.82, 2.24) is 5.32 Å². The van der Waals surface area contributed by atoms with Gasteiger partial charge in [-0.15, -0.1) is 0 Å². The summed E-state index contributed by atoms with van der Waals surface area (Å²) in [5.74, 6) is 0.182. The van der Waals surface area contributed by atoms with Gasteiger partial charge in [0, 0.05) is 16.9 Å². The van der Waals surface area contributed by atoms with E-state index in [9.17, 15) is 13.2 Å². The van der Waals surface area contributed by atoms with Crippen LogP contribution in [-0.4, -0.2) is 48.3 Å². The largest absolute Gasteiger partial charge is 0.349 e. The molecule has 0 unspecified atom stereocenters. The first-order chi connectivity index (χ1) is 13.9. The van der Waals surface area contributed by atoms with Crippen molar-refractivity contribution in [2.75, 3.05) is 16.8 Å². The molecule has 0 radical (unpaired) electrons. The lowest BCUT2D eigenvalue weighted by Crippen LogP contribution is -2.35. The van der Waals surface area contributed by atoms with Gasteiger partial charge in [0.25, 0.3) is 5.91 Å². The van der Waals surface area contributed by atoms with Crippen LogP contribution in [0.25, 0.3) is 0 Å². The number of aliphatic imine (C=N–C) groups is 1. The summed E-state index contributed by atoms with van der Waals surface area (Å²) in [5, 5.41) is 7.49. The normalized spacial score (nSPS) is 26.9. The van der Waals surface area contributed by atoms with Gasteiger partial charge in [-0.25, -0.2) is 8.42 Å². The summed E-state index contributed by atoms with van der Waals surface area (Å²) in [5.41, 5.74) is 1.18.